The summed E-state index contributed by atoms with van der Waals surface area (Å²) in [6, 6.07) is 1.74. The number of rotatable bonds is 4. The summed E-state index contributed by atoms with van der Waals surface area (Å²) in [6.45, 7) is 7.88. The van der Waals surface area contributed by atoms with Crippen LogP contribution in [0.2, 0.25) is 0 Å². The number of carbonyl (C=O) groups is 5. The molecule has 39 heavy (non-hydrogen) atoms. The van der Waals surface area contributed by atoms with E-state index in [0.717, 1.165) is 19.6 Å². The molecule has 5 unspecified atom stereocenters. The number of hydrogen-bond donors (Lipinski definition) is 1. The predicted octanol–water partition coefficient (Wildman–Crippen LogP) is 3.02. The Kier molecular flexibility index (Phi) is 6.03. The van der Waals surface area contributed by atoms with E-state index in [1.165, 1.54) is 12.5 Å². The van der Waals surface area contributed by atoms with E-state index in [0.29, 0.717) is 24.0 Å². The number of furan rings is 1. The van der Waals surface area contributed by atoms with Crippen molar-refractivity contribution in [1.82, 2.24) is 0 Å². The maximum absolute atomic E-state index is 14.2. The Labute approximate surface area is 226 Å². The Hall–Kier alpha value is -3.27. The Morgan fingerprint density at radius 2 is 1.82 bits per heavy atom. The van der Waals surface area contributed by atoms with Crippen LogP contribution in [0.15, 0.2) is 34.2 Å². The van der Waals surface area contributed by atoms with Crippen LogP contribution in [0.1, 0.15) is 72.0 Å². The highest BCUT2D eigenvalue weighted by molar-refractivity contribution is 6.18. The maximum Gasteiger partial charge on any atom is 0.347 e. The van der Waals surface area contributed by atoms with Gasteiger partial charge < -0.3 is 23.7 Å². The van der Waals surface area contributed by atoms with E-state index >= 15 is 0 Å². The minimum atomic E-state index is -2.37. The predicted molar refractivity (Wildman–Crippen MR) is 133 cm³/mol. The number of cyclic esters (lactones) is 1. The number of ether oxygens (including phenoxy) is 3. The SMILES string of the molecule is COC(=O)C(OC(C)=O)C1C(C)(C)C(=O)[C@]2(O)CC3=C4CC(=O)O[C@@H](c5ccoc5)C4(C)CCC3C1(C)C2=O. The fourth-order valence-electron chi connectivity index (χ4n) is 8.32. The van der Waals surface area contributed by atoms with Gasteiger partial charge in [0.05, 0.1) is 26.1 Å². The Bertz CT molecular complexity index is 1310. The van der Waals surface area contributed by atoms with Gasteiger partial charge in [-0.15, -0.1) is 0 Å². The van der Waals surface area contributed by atoms with Crippen LogP contribution in [0, 0.1) is 28.1 Å². The van der Waals surface area contributed by atoms with Crippen LogP contribution in [0.25, 0.3) is 0 Å². The molecule has 3 fully saturated rings. The fraction of sp³-hybridized carbons (Fsp3) is 0.621. The lowest BCUT2D eigenvalue weighted by Gasteiger charge is -2.63. The molecule has 0 spiro atoms. The van der Waals surface area contributed by atoms with Gasteiger partial charge in [0.1, 0.15) is 6.10 Å². The van der Waals surface area contributed by atoms with Crippen LogP contribution in [0.3, 0.4) is 0 Å². The summed E-state index contributed by atoms with van der Waals surface area (Å²) >= 11 is 0. The molecular weight excluding hydrogens is 508 g/mol. The minimum absolute atomic E-state index is 0.0519. The Morgan fingerprint density at radius 3 is 2.41 bits per heavy atom. The third kappa shape index (κ3) is 3.53. The number of methoxy groups -OCH3 is 1. The zero-order chi connectivity index (χ0) is 28.7. The monoisotopic (exact) mass is 542 g/mol. The van der Waals surface area contributed by atoms with E-state index in [9.17, 15) is 29.1 Å². The molecule has 5 rings (SSSR count). The highest BCUT2D eigenvalue weighted by atomic mass is 16.6. The molecule has 1 N–H and O–H groups in total. The van der Waals surface area contributed by atoms with Crippen LogP contribution in [0.5, 0.6) is 0 Å². The van der Waals surface area contributed by atoms with Gasteiger partial charge in [0, 0.05) is 41.1 Å². The molecule has 10 heteroatoms. The first-order valence-corrected chi connectivity index (χ1v) is 13.1. The second-order valence-electron chi connectivity index (χ2n) is 12.3. The highest BCUT2D eigenvalue weighted by Crippen LogP contribution is 2.67. The first kappa shape index (κ1) is 27.3. The maximum atomic E-state index is 14.2. The molecule has 0 radical (unpaired) electrons. The largest absolute Gasteiger partial charge is 0.472 e. The lowest BCUT2D eigenvalue weighted by Crippen LogP contribution is -2.74. The lowest BCUT2D eigenvalue weighted by atomic mass is 9.39. The molecule has 3 aliphatic carbocycles. The van der Waals surface area contributed by atoms with Crippen molar-refractivity contribution >= 4 is 29.5 Å². The lowest BCUT2D eigenvalue weighted by molar-refractivity contribution is -0.208. The van der Waals surface area contributed by atoms with Crippen molar-refractivity contribution < 1.29 is 47.7 Å². The highest BCUT2D eigenvalue weighted by Gasteiger charge is 2.75. The van der Waals surface area contributed by atoms with E-state index in [-0.39, 0.29) is 12.8 Å². The van der Waals surface area contributed by atoms with Crippen molar-refractivity contribution in [3.05, 3.63) is 35.3 Å². The van der Waals surface area contributed by atoms with Gasteiger partial charge in [-0.3, -0.25) is 19.2 Å². The quantitative estimate of drug-likeness (QED) is 0.261. The fourth-order valence-corrected chi connectivity index (χ4v) is 8.32. The van der Waals surface area contributed by atoms with Crippen molar-refractivity contribution in [2.75, 3.05) is 7.11 Å². The van der Waals surface area contributed by atoms with E-state index in [1.54, 1.807) is 26.8 Å². The number of ketones is 2. The van der Waals surface area contributed by atoms with Crippen molar-refractivity contribution in [1.29, 1.82) is 0 Å². The zero-order valence-corrected chi connectivity index (χ0v) is 23.0. The van der Waals surface area contributed by atoms with E-state index in [4.69, 9.17) is 18.6 Å². The second-order valence-corrected chi connectivity index (χ2v) is 12.3. The molecule has 1 aromatic heterocycles. The third-order valence-corrected chi connectivity index (χ3v) is 9.89. The summed E-state index contributed by atoms with van der Waals surface area (Å²) in [5.74, 6) is -5.24. The molecule has 210 valence electrons. The average molecular weight is 543 g/mol. The number of fused-ring (bicyclic) bond motifs is 5. The van der Waals surface area contributed by atoms with E-state index < -0.39 is 75.4 Å². The van der Waals surface area contributed by atoms with Gasteiger partial charge >= 0.3 is 17.9 Å². The molecule has 2 bridgehead atoms. The second kappa shape index (κ2) is 8.61. The van der Waals surface area contributed by atoms with Gasteiger partial charge in [0.25, 0.3) is 0 Å². The van der Waals surface area contributed by atoms with Gasteiger partial charge in [0.15, 0.2) is 17.2 Å². The number of aliphatic hydroxyl groups is 1. The molecule has 2 saturated carbocycles. The van der Waals surface area contributed by atoms with Gasteiger partial charge in [-0.25, -0.2) is 4.79 Å². The topological polar surface area (TPSA) is 146 Å². The van der Waals surface area contributed by atoms with Crippen molar-refractivity contribution in [2.45, 2.75) is 78.1 Å². The van der Waals surface area contributed by atoms with E-state index in [2.05, 4.69) is 0 Å². The van der Waals surface area contributed by atoms with Crippen LogP contribution >= 0.6 is 0 Å². The first-order valence-electron chi connectivity index (χ1n) is 13.1. The van der Waals surface area contributed by atoms with Gasteiger partial charge in [0.2, 0.25) is 6.10 Å². The van der Waals surface area contributed by atoms with Crippen LogP contribution in [-0.2, 0) is 38.2 Å². The third-order valence-electron chi connectivity index (χ3n) is 9.89. The van der Waals surface area contributed by atoms with Crippen molar-refractivity contribution in [3.63, 3.8) is 0 Å². The molecule has 0 aromatic carbocycles. The number of esters is 3. The van der Waals surface area contributed by atoms with Crippen molar-refractivity contribution in [2.24, 2.45) is 28.1 Å². The molecule has 10 nitrogen and oxygen atoms in total. The number of Topliss-reactive ketones (excluding diaryl/α,β-unsaturated/α-hetero) is 2. The average Bonchev–Trinajstić information content (AvgIpc) is 3.40. The summed E-state index contributed by atoms with van der Waals surface area (Å²) < 4.78 is 21.5. The summed E-state index contributed by atoms with van der Waals surface area (Å²) in [6.07, 6.45) is 1.51. The zero-order valence-electron chi connectivity index (χ0n) is 23.0. The number of carbonyl (C=O) groups excluding carboxylic acids is 5. The van der Waals surface area contributed by atoms with Crippen molar-refractivity contribution in [3.8, 4) is 0 Å². The molecule has 4 aliphatic rings. The van der Waals surface area contributed by atoms with E-state index in [1.807, 2.05) is 6.92 Å². The van der Waals surface area contributed by atoms with Crippen LogP contribution in [0.4, 0.5) is 0 Å². The smallest absolute Gasteiger partial charge is 0.347 e. The molecule has 1 aliphatic heterocycles. The van der Waals surface area contributed by atoms with Gasteiger partial charge in [-0.2, -0.15) is 0 Å². The first-order chi connectivity index (χ1) is 18.1. The summed E-state index contributed by atoms with van der Waals surface area (Å²) in [5, 5.41) is 11.9. The van der Waals surface area contributed by atoms with Crippen LogP contribution < -0.4 is 0 Å². The minimum Gasteiger partial charge on any atom is -0.472 e. The standard InChI is InChI=1S/C29H34O10/c1-14(30)38-20(23(32)36-6)21-26(2,3)24(33)29(35)12-16-17(28(21,5)25(29)34)7-9-27(4)18(16)11-19(31)39-22(27)15-8-10-37-13-15/h8,10,13,17,20-22,35H,7,9,11-12H2,1-6H3/t17?,20?,21?,22-,27?,28?,29+/m0/s1. The molecule has 0 amide bonds. The van der Waals surface area contributed by atoms with Gasteiger partial charge in [-0.05, 0) is 30.4 Å². The summed E-state index contributed by atoms with van der Waals surface area (Å²) in [5.41, 5.74) is -3.89. The molecule has 1 aromatic rings. The Balaban J connectivity index is 1.75. The molecule has 2 heterocycles. The van der Waals surface area contributed by atoms with Gasteiger partial charge in [-0.1, -0.05) is 33.3 Å². The molecule has 7 atom stereocenters. The van der Waals surface area contributed by atoms with Crippen LogP contribution in [-0.4, -0.2) is 53.4 Å². The summed E-state index contributed by atoms with van der Waals surface area (Å²) in [7, 11) is 1.14. The normalized spacial score (nSPS) is 37.8. The molecule has 1 saturated heterocycles. The summed E-state index contributed by atoms with van der Waals surface area (Å²) in [4.78, 5) is 66.2. The molecular formula is C29H34O10. The number of hydrogen-bond acceptors (Lipinski definition) is 10. The Morgan fingerprint density at radius 1 is 1.13 bits per heavy atom.